The predicted octanol–water partition coefficient (Wildman–Crippen LogP) is 4.82. The Hall–Kier alpha value is -2.87. The number of carbonyl (C=O) groups is 1. The molecule has 0 atom stereocenters. The Labute approximate surface area is 128 Å². The van der Waals surface area contributed by atoms with Crippen molar-refractivity contribution in [1.29, 1.82) is 0 Å². The van der Waals surface area contributed by atoms with E-state index in [1.807, 2.05) is 42.5 Å². The Balaban J connectivity index is 1.86. The largest absolute Gasteiger partial charge is 0.322 e. The van der Waals surface area contributed by atoms with E-state index in [0.717, 1.165) is 27.4 Å². The van der Waals surface area contributed by atoms with Crippen molar-refractivity contribution in [3.05, 3.63) is 78.4 Å². The first-order chi connectivity index (χ1) is 10.8. The van der Waals surface area contributed by atoms with E-state index < -0.39 is 0 Å². The summed E-state index contributed by atoms with van der Waals surface area (Å²) in [5, 5.41) is 7.64. The number of anilines is 1. The SMILES string of the molecule is O=C(Nc1cc2ccccc2c2ccccc12)C1=CC=CC1. The van der Waals surface area contributed by atoms with Crippen LogP contribution in [0.5, 0.6) is 0 Å². The minimum Gasteiger partial charge on any atom is -0.322 e. The Bertz CT molecular complexity index is 950. The van der Waals surface area contributed by atoms with Crippen molar-refractivity contribution in [1.82, 2.24) is 0 Å². The van der Waals surface area contributed by atoms with E-state index >= 15 is 0 Å². The summed E-state index contributed by atoms with van der Waals surface area (Å²) in [6.45, 7) is 0. The van der Waals surface area contributed by atoms with Crippen molar-refractivity contribution in [3.63, 3.8) is 0 Å². The second-order valence-electron chi connectivity index (χ2n) is 5.47. The Kier molecular flexibility index (Phi) is 3.01. The first kappa shape index (κ1) is 12.8. The van der Waals surface area contributed by atoms with Crippen LogP contribution in [0.25, 0.3) is 21.5 Å². The smallest absolute Gasteiger partial charge is 0.251 e. The van der Waals surface area contributed by atoms with Gasteiger partial charge in [0.15, 0.2) is 0 Å². The molecule has 4 rings (SSSR count). The van der Waals surface area contributed by atoms with Gasteiger partial charge in [0, 0.05) is 16.6 Å². The van der Waals surface area contributed by atoms with Crippen molar-refractivity contribution in [2.75, 3.05) is 5.32 Å². The lowest BCUT2D eigenvalue weighted by atomic mass is 10.00. The molecule has 0 aliphatic heterocycles. The van der Waals surface area contributed by atoms with Gasteiger partial charge in [-0.2, -0.15) is 0 Å². The van der Waals surface area contributed by atoms with E-state index in [2.05, 4.69) is 35.6 Å². The fourth-order valence-electron chi connectivity index (χ4n) is 2.98. The molecule has 0 aromatic heterocycles. The van der Waals surface area contributed by atoms with Gasteiger partial charge in [-0.1, -0.05) is 66.8 Å². The number of carbonyl (C=O) groups excluding carboxylic acids is 1. The number of rotatable bonds is 2. The molecule has 0 unspecified atom stereocenters. The zero-order chi connectivity index (χ0) is 14.9. The lowest BCUT2D eigenvalue weighted by molar-refractivity contribution is -0.112. The lowest BCUT2D eigenvalue weighted by Crippen LogP contribution is -2.13. The van der Waals surface area contributed by atoms with E-state index in [-0.39, 0.29) is 5.91 Å². The molecule has 0 bridgehead atoms. The number of hydrogen-bond donors (Lipinski definition) is 1. The zero-order valence-corrected chi connectivity index (χ0v) is 12.0. The van der Waals surface area contributed by atoms with Crippen LogP contribution in [-0.4, -0.2) is 5.91 Å². The molecule has 22 heavy (non-hydrogen) atoms. The maximum absolute atomic E-state index is 12.4. The quantitative estimate of drug-likeness (QED) is 0.672. The summed E-state index contributed by atoms with van der Waals surface area (Å²) in [7, 11) is 0. The van der Waals surface area contributed by atoms with E-state index in [1.54, 1.807) is 0 Å². The average molecular weight is 285 g/mol. The van der Waals surface area contributed by atoms with Crippen LogP contribution in [0, 0.1) is 0 Å². The third-order valence-corrected chi connectivity index (χ3v) is 4.08. The second kappa shape index (κ2) is 5.15. The van der Waals surface area contributed by atoms with Crippen molar-refractivity contribution < 1.29 is 4.79 Å². The van der Waals surface area contributed by atoms with Crippen molar-refractivity contribution >= 4 is 33.1 Å². The van der Waals surface area contributed by atoms with Gasteiger partial charge in [0.1, 0.15) is 0 Å². The van der Waals surface area contributed by atoms with E-state index in [0.29, 0.717) is 6.42 Å². The van der Waals surface area contributed by atoms with Gasteiger partial charge in [0.05, 0.1) is 0 Å². The van der Waals surface area contributed by atoms with Crippen LogP contribution in [0.3, 0.4) is 0 Å². The Morgan fingerprint density at radius 2 is 1.64 bits per heavy atom. The van der Waals surface area contributed by atoms with Gasteiger partial charge in [-0.3, -0.25) is 4.79 Å². The molecular weight excluding hydrogens is 270 g/mol. The zero-order valence-electron chi connectivity index (χ0n) is 12.0. The van der Waals surface area contributed by atoms with E-state index in [1.165, 1.54) is 5.39 Å². The number of amides is 1. The molecule has 2 heteroatoms. The van der Waals surface area contributed by atoms with E-state index in [9.17, 15) is 4.79 Å². The minimum atomic E-state index is -0.0227. The molecule has 1 N–H and O–H groups in total. The summed E-state index contributed by atoms with van der Waals surface area (Å²) in [5.41, 5.74) is 1.67. The van der Waals surface area contributed by atoms with Crippen LogP contribution in [-0.2, 0) is 4.79 Å². The van der Waals surface area contributed by atoms with Crippen molar-refractivity contribution in [2.45, 2.75) is 6.42 Å². The highest BCUT2D eigenvalue weighted by atomic mass is 16.1. The lowest BCUT2D eigenvalue weighted by Gasteiger charge is -2.12. The number of allylic oxidation sites excluding steroid dienone is 3. The second-order valence-corrected chi connectivity index (χ2v) is 5.47. The van der Waals surface area contributed by atoms with Crippen LogP contribution >= 0.6 is 0 Å². The average Bonchev–Trinajstić information content (AvgIpc) is 3.10. The van der Waals surface area contributed by atoms with E-state index in [4.69, 9.17) is 0 Å². The maximum Gasteiger partial charge on any atom is 0.251 e. The third-order valence-electron chi connectivity index (χ3n) is 4.08. The van der Waals surface area contributed by atoms with Gasteiger partial charge in [0.25, 0.3) is 5.91 Å². The van der Waals surface area contributed by atoms with Crippen LogP contribution in [0.4, 0.5) is 5.69 Å². The summed E-state index contributed by atoms with van der Waals surface area (Å²) in [5.74, 6) is -0.0227. The van der Waals surface area contributed by atoms with Gasteiger partial charge < -0.3 is 5.32 Å². The summed E-state index contributed by atoms with van der Waals surface area (Å²) < 4.78 is 0. The molecular formula is C20H15NO. The highest BCUT2D eigenvalue weighted by Gasteiger charge is 2.13. The predicted molar refractivity (Wildman–Crippen MR) is 91.9 cm³/mol. The van der Waals surface area contributed by atoms with Gasteiger partial charge in [0.2, 0.25) is 0 Å². The maximum atomic E-state index is 12.4. The molecule has 1 aliphatic rings. The monoisotopic (exact) mass is 285 g/mol. The molecule has 0 radical (unpaired) electrons. The van der Waals surface area contributed by atoms with Gasteiger partial charge >= 0.3 is 0 Å². The Morgan fingerprint density at radius 3 is 2.41 bits per heavy atom. The van der Waals surface area contributed by atoms with Crippen LogP contribution in [0.1, 0.15) is 6.42 Å². The van der Waals surface area contributed by atoms with Crippen molar-refractivity contribution in [3.8, 4) is 0 Å². The normalized spacial score (nSPS) is 13.5. The topological polar surface area (TPSA) is 29.1 Å². The summed E-state index contributed by atoms with van der Waals surface area (Å²) in [6.07, 6.45) is 6.50. The van der Waals surface area contributed by atoms with Gasteiger partial charge in [-0.15, -0.1) is 0 Å². The minimum absolute atomic E-state index is 0.0227. The molecule has 1 aliphatic carbocycles. The molecule has 0 saturated heterocycles. The van der Waals surface area contributed by atoms with Crippen molar-refractivity contribution in [2.24, 2.45) is 0 Å². The van der Waals surface area contributed by atoms with Crippen LogP contribution < -0.4 is 5.32 Å². The molecule has 0 heterocycles. The molecule has 0 fully saturated rings. The highest BCUT2D eigenvalue weighted by molar-refractivity contribution is 6.17. The third kappa shape index (κ3) is 2.09. The highest BCUT2D eigenvalue weighted by Crippen LogP contribution is 2.32. The first-order valence-corrected chi connectivity index (χ1v) is 7.40. The number of fused-ring (bicyclic) bond motifs is 3. The molecule has 0 saturated carbocycles. The molecule has 0 spiro atoms. The van der Waals surface area contributed by atoms with Crippen LogP contribution in [0.2, 0.25) is 0 Å². The fourth-order valence-corrected chi connectivity index (χ4v) is 2.98. The summed E-state index contributed by atoms with van der Waals surface area (Å²) in [4.78, 5) is 12.4. The molecule has 3 aromatic carbocycles. The van der Waals surface area contributed by atoms with Gasteiger partial charge in [-0.05, 0) is 28.6 Å². The number of nitrogens with one attached hydrogen (secondary N) is 1. The number of benzene rings is 3. The molecule has 1 amide bonds. The molecule has 106 valence electrons. The number of hydrogen-bond acceptors (Lipinski definition) is 1. The standard InChI is InChI=1S/C20H15NO/c22-20(14-7-1-2-8-14)21-19-13-15-9-3-4-10-16(15)17-11-5-6-12-18(17)19/h1-7,9-13H,8H2,(H,21,22). The molecule has 3 aromatic rings. The van der Waals surface area contributed by atoms with Gasteiger partial charge in [-0.25, -0.2) is 0 Å². The van der Waals surface area contributed by atoms with Crippen LogP contribution in [0.15, 0.2) is 78.4 Å². The summed E-state index contributed by atoms with van der Waals surface area (Å²) >= 11 is 0. The first-order valence-electron chi connectivity index (χ1n) is 7.40. The molecule has 2 nitrogen and oxygen atoms in total. The fraction of sp³-hybridized carbons (Fsp3) is 0.0500. The Morgan fingerprint density at radius 1 is 0.909 bits per heavy atom. The summed E-state index contributed by atoms with van der Waals surface area (Å²) in [6, 6.07) is 18.5.